The number of nitrogens with two attached hydrogens (primary N) is 1. The number of anilines is 1. The van der Waals surface area contributed by atoms with Crippen LogP contribution in [-0.4, -0.2) is 29.8 Å². The highest BCUT2D eigenvalue weighted by atomic mass is 35.5. The van der Waals surface area contributed by atoms with Crippen LogP contribution in [0, 0.1) is 5.92 Å². The molecule has 1 saturated heterocycles. The lowest BCUT2D eigenvalue weighted by Gasteiger charge is -2.32. The van der Waals surface area contributed by atoms with Crippen LogP contribution >= 0.6 is 11.6 Å². The Morgan fingerprint density at radius 1 is 1.15 bits per heavy atom. The van der Waals surface area contributed by atoms with E-state index in [0.717, 1.165) is 31.0 Å². The van der Waals surface area contributed by atoms with E-state index in [2.05, 4.69) is 10.2 Å². The van der Waals surface area contributed by atoms with Gasteiger partial charge in [0.05, 0.1) is 17.2 Å². The molecule has 0 aliphatic carbocycles. The quantitative estimate of drug-likeness (QED) is 0.846. The second kappa shape index (κ2) is 8.34. The number of benzene rings is 2. The molecule has 0 saturated carbocycles. The molecule has 1 heterocycles. The summed E-state index contributed by atoms with van der Waals surface area (Å²) < 4.78 is 0. The Kier molecular flexibility index (Phi) is 5.91. The van der Waals surface area contributed by atoms with Crippen LogP contribution in [0.4, 0.5) is 5.69 Å². The predicted molar refractivity (Wildman–Crippen MR) is 103 cm³/mol. The molecular formula is C20H22ClN3O2. The highest BCUT2D eigenvalue weighted by Gasteiger charge is 2.26. The number of hydrogen-bond donors (Lipinski definition) is 2. The molecule has 3 N–H and O–H groups in total. The van der Waals surface area contributed by atoms with Gasteiger partial charge < -0.3 is 11.1 Å². The topological polar surface area (TPSA) is 75.4 Å². The molecule has 0 spiro atoms. The zero-order chi connectivity index (χ0) is 18.5. The summed E-state index contributed by atoms with van der Waals surface area (Å²) in [5.41, 5.74) is 7.36. The largest absolute Gasteiger partial charge is 0.366 e. The van der Waals surface area contributed by atoms with E-state index in [-0.39, 0.29) is 11.8 Å². The lowest BCUT2D eigenvalue weighted by Crippen LogP contribution is -2.40. The number of amides is 2. The van der Waals surface area contributed by atoms with Gasteiger partial charge in [0, 0.05) is 18.1 Å². The number of primary amides is 1. The number of nitrogens with one attached hydrogen (secondary N) is 1. The minimum Gasteiger partial charge on any atom is -0.366 e. The van der Waals surface area contributed by atoms with E-state index < -0.39 is 5.91 Å². The molecule has 1 atom stereocenters. The highest BCUT2D eigenvalue weighted by Crippen LogP contribution is 2.22. The maximum absolute atomic E-state index is 12.7. The van der Waals surface area contributed by atoms with Crippen LogP contribution in [0.3, 0.4) is 0 Å². The monoisotopic (exact) mass is 371 g/mol. The molecule has 6 heteroatoms. The summed E-state index contributed by atoms with van der Waals surface area (Å²) in [6, 6.07) is 14.6. The zero-order valence-electron chi connectivity index (χ0n) is 14.5. The average Bonchev–Trinajstić information content (AvgIpc) is 2.64. The van der Waals surface area contributed by atoms with Gasteiger partial charge in [0.15, 0.2) is 0 Å². The molecule has 1 unspecified atom stereocenters. The molecule has 2 aromatic rings. The van der Waals surface area contributed by atoms with Crippen molar-refractivity contribution >= 4 is 29.1 Å². The number of hydrogen-bond acceptors (Lipinski definition) is 3. The van der Waals surface area contributed by atoms with Crippen LogP contribution < -0.4 is 11.1 Å². The SMILES string of the molecule is NC(=O)c1ccccc1NC(=O)C1CCCN(Cc2ccc(Cl)cc2)C1. The summed E-state index contributed by atoms with van der Waals surface area (Å²) in [5.74, 6) is -0.731. The van der Waals surface area contributed by atoms with Crippen molar-refractivity contribution < 1.29 is 9.59 Å². The fourth-order valence-electron chi connectivity index (χ4n) is 3.30. The summed E-state index contributed by atoms with van der Waals surface area (Å²) in [6.45, 7) is 2.44. The lowest BCUT2D eigenvalue weighted by atomic mass is 9.96. The Bertz CT molecular complexity index is 792. The van der Waals surface area contributed by atoms with E-state index in [1.165, 1.54) is 5.56 Å². The van der Waals surface area contributed by atoms with Crippen molar-refractivity contribution in [2.75, 3.05) is 18.4 Å². The van der Waals surface area contributed by atoms with E-state index in [4.69, 9.17) is 17.3 Å². The molecule has 5 nitrogen and oxygen atoms in total. The van der Waals surface area contributed by atoms with Gasteiger partial charge in [-0.3, -0.25) is 14.5 Å². The van der Waals surface area contributed by atoms with Crippen LogP contribution in [0.25, 0.3) is 0 Å². The molecule has 1 aliphatic heterocycles. The van der Waals surface area contributed by atoms with Gasteiger partial charge in [0.1, 0.15) is 0 Å². The molecule has 0 aromatic heterocycles. The summed E-state index contributed by atoms with van der Waals surface area (Å²) in [6.07, 6.45) is 1.80. The smallest absolute Gasteiger partial charge is 0.250 e. The Labute approximate surface area is 158 Å². The fraction of sp³-hybridized carbons (Fsp3) is 0.300. The predicted octanol–water partition coefficient (Wildman–Crippen LogP) is 3.29. The molecule has 2 amide bonds. The van der Waals surface area contributed by atoms with Crippen molar-refractivity contribution in [3.05, 3.63) is 64.7 Å². The molecule has 0 bridgehead atoms. The number of carbonyl (C=O) groups is 2. The summed E-state index contributed by atoms with van der Waals surface area (Å²) in [4.78, 5) is 26.5. The van der Waals surface area contributed by atoms with Crippen molar-refractivity contribution in [2.24, 2.45) is 11.7 Å². The Balaban J connectivity index is 1.63. The van der Waals surface area contributed by atoms with Gasteiger partial charge in [0.25, 0.3) is 5.91 Å². The maximum Gasteiger partial charge on any atom is 0.250 e. The molecule has 136 valence electrons. The first-order valence-corrected chi connectivity index (χ1v) is 9.07. The Hall–Kier alpha value is -2.37. The Morgan fingerprint density at radius 2 is 1.88 bits per heavy atom. The van der Waals surface area contributed by atoms with Gasteiger partial charge in [-0.05, 0) is 49.2 Å². The van der Waals surface area contributed by atoms with Crippen molar-refractivity contribution in [3.63, 3.8) is 0 Å². The summed E-state index contributed by atoms with van der Waals surface area (Å²) >= 11 is 5.93. The van der Waals surface area contributed by atoms with Crippen LogP contribution in [0.2, 0.25) is 5.02 Å². The number of likely N-dealkylation sites (tertiary alicyclic amines) is 1. The first-order valence-electron chi connectivity index (χ1n) is 8.69. The van der Waals surface area contributed by atoms with Gasteiger partial charge in [-0.15, -0.1) is 0 Å². The van der Waals surface area contributed by atoms with Crippen LogP contribution in [0.5, 0.6) is 0 Å². The van der Waals surface area contributed by atoms with E-state index in [9.17, 15) is 9.59 Å². The summed E-state index contributed by atoms with van der Waals surface area (Å²) in [5, 5.41) is 3.59. The van der Waals surface area contributed by atoms with Crippen molar-refractivity contribution in [1.29, 1.82) is 0 Å². The zero-order valence-corrected chi connectivity index (χ0v) is 15.2. The van der Waals surface area contributed by atoms with Crippen LogP contribution in [0.1, 0.15) is 28.8 Å². The third-order valence-electron chi connectivity index (χ3n) is 4.65. The normalized spacial score (nSPS) is 17.7. The first-order chi connectivity index (χ1) is 12.5. The molecule has 1 fully saturated rings. The minimum atomic E-state index is -0.547. The van der Waals surface area contributed by atoms with Gasteiger partial charge in [-0.1, -0.05) is 35.9 Å². The van der Waals surface area contributed by atoms with E-state index in [1.807, 2.05) is 24.3 Å². The molecule has 1 aliphatic rings. The maximum atomic E-state index is 12.7. The van der Waals surface area contributed by atoms with Crippen molar-refractivity contribution in [1.82, 2.24) is 4.90 Å². The van der Waals surface area contributed by atoms with E-state index >= 15 is 0 Å². The Morgan fingerprint density at radius 3 is 2.62 bits per heavy atom. The molecular weight excluding hydrogens is 350 g/mol. The highest BCUT2D eigenvalue weighted by molar-refractivity contribution is 6.30. The van der Waals surface area contributed by atoms with Crippen molar-refractivity contribution in [2.45, 2.75) is 19.4 Å². The lowest BCUT2D eigenvalue weighted by molar-refractivity contribution is -0.121. The van der Waals surface area contributed by atoms with Crippen LogP contribution in [-0.2, 0) is 11.3 Å². The van der Waals surface area contributed by atoms with Gasteiger partial charge in [-0.2, -0.15) is 0 Å². The third kappa shape index (κ3) is 4.62. The second-order valence-electron chi connectivity index (χ2n) is 6.60. The van der Waals surface area contributed by atoms with E-state index in [1.54, 1.807) is 24.3 Å². The second-order valence-corrected chi connectivity index (χ2v) is 7.04. The number of piperidine rings is 1. The standard InChI is InChI=1S/C20H22ClN3O2/c21-16-9-7-14(8-10-16)12-24-11-3-4-15(13-24)20(26)23-18-6-2-1-5-17(18)19(22)25/h1-2,5-10,15H,3-4,11-13H2,(H2,22,25)(H,23,26). The molecule has 0 radical (unpaired) electrons. The molecule has 3 rings (SSSR count). The summed E-state index contributed by atoms with van der Waals surface area (Å²) in [7, 11) is 0. The van der Waals surface area contributed by atoms with E-state index in [0.29, 0.717) is 17.8 Å². The minimum absolute atomic E-state index is 0.0699. The van der Waals surface area contributed by atoms with Crippen LogP contribution in [0.15, 0.2) is 48.5 Å². The molecule has 26 heavy (non-hydrogen) atoms. The van der Waals surface area contributed by atoms with Gasteiger partial charge in [0.2, 0.25) is 5.91 Å². The number of halogens is 1. The van der Waals surface area contributed by atoms with Gasteiger partial charge in [-0.25, -0.2) is 0 Å². The first kappa shape index (κ1) is 18.4. The van der Waals surface area contributed by atoms with Gasteiger partial charge >= 0.3 is 0 Å². The number of para-hydroxylation sites is 1. The number of nitrogens with zero attached hydrogens (tertiary/aromatic N) is 1. The number of carbonyl (C=O) groups excluding carboxylic acids is 2. The number of rotatable bonds is 5. The van der Waals surface area contributed by atoms with Crippen molar-refractivity contribution in [3.8, 4) is 0 Å². The third-order valence-corrected chi connectivity index (χ3v) is 4.90. The fourth-order valence-corrected chi connectivity index (χ4v) is 3.43. The molecule has 2 aromatic carbocycles. The average molecular weight is 372 g/mol.